The molecule has 0 atom stereocenters. The molecule has 1 rings (SSSR count). The van der Waals surface area contributed by atoms with Crippen molar-refractivity contribution in [1.82, 2.24) is 0 Å². The number of rotatable bonds is 1. The molecule has 0 aliphatic heterocycles. The van der Waals surface area contributed by atoms with Gasteiger partial charge in [0.2, 0.25) is 0 Å². The Balaban J connectivity index is 3.19. The quantitative estimate of drug-likeness (QED) is 0.480. The third-order valence-electron chi connectivity index (χ3n) is 1.63. The molecule has 0 radical (unpaired) electrons. The zero-order valence-electron chi connectivity index (χ0n) is 7.02. The zero-order chi connectivity index (χ0) is 10.9. The first-order valence-corrected chi connectivity index (χ1v) is 3.63. The molecule has 1 aromatic carbocycles. The van der Waals surface area contributed by atoms with Gasteiger partial charge in [-0.1, -0.05) is 0 Å². The van der Waals surface area contributed by atoms with Crippen LogP contribution in [0.25, 0.3) is 0 Å². The van der Waals surface area contributed by atoms with Crippen molar-refractivity contribution in [3.05, 3.63) is 23.8 Å². The van der Waals surface area contributed by atoms with Gasteiger partial charge in [0.1, 0.15) is 5.71 Å². The molecule has 0 unspecified atom stereocenters. The fourth-order valence-electron chi connectivity index (χ4n) is 0.943. The van der Waals surface area contributed by atoms with E-state index in [1.165, 1.54) is 12.1 Å². The number of nitrogens with two attached hydrogens (primary N) is 2. The maximum absolute atomic E-state index is 12.1. The Morgan fingerprint density at radius 2 is 1.79 bits per heavy atom. The smallest absolute Gasteiger partial charge is 0.399 e. The summed E-state index contributed by atoms with van der Waals surface area (Å²) in [5.74, 6) is 0. The van der Waals surface area contributed by atoms with Crippen LogP contribution in [0.3, 0.4) is 0 Å². The summed E-state index contributed by atoms with van der Waals surface area (Å²) in [6, 6.07) is 3.65. The molecule has 0 fully saturated rings. The SMILES string of the molecule is N=C(c1cc(N)ccc1N)C(F)(F)F. The fraction of sp³-hybridized carbons (Fsp3) is 0.125. The number of nitrogen functional groups attached to an aromatic ring is 2. The Morgan fingerprint density at radius 3 is 2.29 bits per heavy atom. The average molecular weight is 203 g/mol. The number of hydrogen-bond acceptors (Lipinski definition) is 3. The third-order valence-corrected chi connectivity index (χ3v) is 1.63. The summed E-state index contributed by atoms with van der Waals surface area (Å²) in [5, 5.41) is 6.86. The van der Waals surface area contributed by atoms with Crippen molar-refractivity contribution in [2.75, 3.05) is 11.5 Å². The minimum absolute atomic E-state index is 0.110. The highest BCUT2D eigenvalue weighted by Crippen LogP contribution is 2.25. The molecule has 3 nitrogen and oxygen atoms in total. The molecule has 0 amide bonds. The number of alkyl halides is 3. The minimum atomic E-state index is -4.71. The van der Waals surface area contributed by atoms with E-state index < -0.39 is 17.5 Å². The summed E-state index contributed by atoms with van der Waals surface area (Å²) in [6.45, 7) is 0. The van der Waals surface area contributed by atoms with E-state index in [0.29, 0.717) is 0 Å². The molecule has 0 aromatic heterocycles. The van der Waals surface area contributed by atoms with Crippen LogP contribution in [0.5, 0.6) is 0 Å². The highest BCUT2D eigenvalue weighted by molar-refractivity contribution is 6.06. The van der Waals surface area contributed by atoms with Gasteiger partial charge in [0, 0.05) is 16.9 Å². The maximum Gasteiger partial charge on any atom is 0.433 e. The fourth-order valence-corrected chi connectivity index (χ4v) is 0.943. The van der Waals surface area contributed by atoms with E-state index in [-0.39, 0.29) is 11.4 Å². The molecular weight excluding hydrogens is 195 g/mol. The summed E-state index contributed by atoms with van der Waals surface area (Å²) in [6.07, 6.45) is -4.71. The summed E-state index contributed by atoms with van der Waals surface area (Å²) < 4.78 is 36.4. The van der Waals surface area contributed by atoms with Gasteiger partial charge in [0.05, 0.1) is 0 Å². The van der Waals surface area contributed by atoms with Crippen LogP contribution in [0.4, 0.5) is 24.5 Å². The van der Waals surface area contributed by atoms with E-state index in [2.05, 4.69) is 0 Å². The Kier molecular flexibility index (Phi) is 2.37. The number of benzene rings is 1. The molecule has 0 heterocycles. The summed E-state index contributed by atoms with van der Waals surface area (Å²) in [4.78, 5) is 0. The average Bonchev–Trinajstić information content (AvgIpc) is 2.06. The lowest BCUT2D eigenvalue weighted by atomic mass is 10.1. The molecule has 76 valence electrons. The first-order valence-electron chi connectivity index (χ1n) is 3.63. The van der Waals surface area contributed by atoms with Gasteiger partial charge in [-0.25, -0.2) is 0 Å². The highest BCUT2D eigenvalue weighted by atomic mass is 19.4. The van der Waals surface area contributed by atoms with Crippen LogP contribution >= 0.6 is 0 Å². The van der Waals surface area contributed by atoms with Gasteiger partial charge in [-0.3, -0.25) is 5.41 Å². The first kappa shape index (κ1) is 10.4. The van der Waals surface area contributed by atoms with Gasteiger partial charge in [-0.2, -0.15) is 13.2 Å². The highest BCUT2D eigenvalue weighted by Gasteiger charge is 2.36. The van der Waals surface area contributed by atoms with Crippen LogP contribution in [-0.2, 0) is 0 Å². The van der Waals surface area contributed by atoms with Crippen LogP contribution in [0.1, 0.15) is 5.56 Å². The number of anilines is 2. The largest absolute Gasteiger partial charge is 0.433 e. The Bertz CT molecular complexity index is 371. The Hall–Kier alpha value is -1.72. The van der Waals surface area contributed by atoms with Crippen LogP contribution in [-0.4, -0.2) is 11.9 Å². The number of nitrogens with one attached hydrogen (secondary N) is 1. The van der Waals surface area contributed by atoms with Crippen molar-refractivity contribution in [3.8, 4) is 0 Å². The molecule has 0 bridgehead atoms. The van der Waals surface area contributed by atoms with Gasteiger partial charge in [0.15, 0.2) is 0 Å². The second kappa shape index (κ2) is 3.21. The lowest BCUT2D eigenvalue weighted by Crippen LogP contribution is -2.24. The molecule has 6 heteroatoms. The number of hydrogen-bond donors (Lipinski definition) is 3. The summed E-state index contributed by atoms with van der Waals surface area (Å²) in [5.41, 5.74) is 8.74. The standard InChI is InChI=1S/C8H8F3N3/c9-8(10,11)7(14)5-3-4(12)1-2-6(5)13/h1-3,14H,12-13H2. The summed E-state index contributed by atoms with van der Waals surface area (Å²) in [7, 11) is 0. The zero-order valence-corrected chi connectivity index (χ0v) is 7.02. The van der Waals surface area contributed by atoms with Crippen molar-refractivity contribution < 1.29 is 13.2 Å². The van der Waals surface area contributed by atoms with Crippen molar-refractivity contribution >= 4 is 17.1 Å². The van der Waals surface area contributed by atoms with Crippen molar-refractivity contribution in [1.29, 1.82) is 5.41 Å². The normalized spacial score (nSPS) is 11.4. The van der Waals surface area contributed by atoms with E-state index in [0.717, 1.165) is 6.07 Å². The maximum atomic E-state index is 12.1. The van der Waals surface area contributed by atoms with E-state index >= 15 is 0 Å². The van der Waals surface area contributed by atoms with Crippen molar-refractivity contribution in [3.63, 3.8) is 0 Å². The van der Waals surface area contributed by atoms with Gasteiger partial charge in [-0.05, 0) is 18.2 Å². The van der Waals surface area contributed by atoms with Crippen molar-refractivity contribution in [2.45, 2.75) is 6.18 Å². The minimum Gasteiger partial charge on any atom is -0.399 e. The molecule has 1 aromatic rings. The summed E-state index contributed by atoms with van der Waals surface area (Å²) >= 11 is 0. The molecule has 0 spiro atoms. The predicted molar refractivity (Wildman–Crippen MR) is 48.2 cm³/mol. The lowest BCUT2D eigenvalue weighted by molar-refractivity contribution is -0.0587. The topological polar surface area (TPSA) is 75.9 Å². The second-order valence-corrected chi connectivity index (χ2v) is 2.72. The van der Waals surface area contributed by atoms with E-state index in [1.54, 1.807) is 0 Å². The number of halogens is 3. The Labute approximate surface area is 78.0 Å². The monoisotopic (exact) mass is 203 g/mol. The molecule has 5 N–H and O–H groups in total. The molecule has 14 heavy (non-hydrogen) atoms. The molecule has 0 saturated carbocycles. The van der Waals surface area contributed by atoms with E-state index in [1.807, 2.05) is 0 Å². The van der Waals surface area contributed by atoms with Crippen LogP contribution in [0.2, 0.25) is 0 Å². The predicted octanol–water partition coefficient (Wildman–Crippen LogP) is 1.78. The van der Waals surface area contributed by atoms with Crippen LogP contribution < -0.4 is 11.5 Å². The van der Waals surface area contributed by atoms with Gasteiger partial charge < -0.3 is 11.5 Å². The Morgan fingerprint density at radius 1 is 1.21 bits per heavy atom. The van der Waals surface area contributed by atoms with Gasteiger partial charge in [0.25, 0.3) is 0 Å². The van der Waals surface area contributed by atoms with E-state index in [9.17, 15) is 13.2 Å². The molecule has 0 saturated heterocycles. The van der Waals surface area contributed by atoms with Crippen LogP contribution in [0, 0.1) is 5.41 Å². The second-order valence-electron chi connectivity index (χ2n) is 2.72. The van der Waals surface area contributed by atoms with Crippen molar-refractivity contribution in [2.24, 2.45) is 0 Å². The first-order chi connectivity index (χ1) is 6.32. The third kappa shape index (κ3) is 1.95. The van der Waals surface area contributed by atoms with E-state index in [4.69, 9.17) is 16.9 Å². The molecule has 0 aliphatic rings. The van der Waals surface area contributed by atoms with Gasteiger partial charge in [-0.15, -0.1) is 0 Å². The molecule has 0 aliphatic carbocycles. The lowest BCUT2D eigenvalue weighted by Gasteiger charge is -2.10. The molecular formula is C8H8F3N3. The van der Waals surface area contributed by atoms with Crippen LogP contribution in [0.15, 0.2) is 18.2 Å². The van der Waals surface area contributed by atoms with Gasteiger partial charge >= 0.3 is 6.18 Å².